The lowest BCUT2D eigenvalue weighted by molar-refractivity contribution is -0.148. The molecule has 0 aromatic heterocycles. The molecule has 28 heavy (non-hydrogen) atoms. The number of allylic oxidation sites excluding steroid dienone is 1. The van der Waals surface area contributed by atoms with Crippen LogP contribution < -0.4 is 11.1 Å². The van der Waals surface area contributed by atoms with E-state index in [1.165, 1.54) is 11.6 Å². The van der Waals surface area contributed by atoms with Crippen molar-refractivity contribution >= 4 is 23.5 Å². The number of carboxylic acid groups (broad SMARTS) is 1. The summed E-state index contributed by atoms with van der Waals surface area (Å²) >= 11 is 6.11. The van der Waals surface area contributed by atoms with Crippen molar-refractivity contribution in [2.24, 2.45) is 17.1 Å². The van der Waals surface area contributed by atoms with E-state index in [2.05, 4.69) is 43.1 Å². The van der Waals surface area contributed by atoms with E-state index in [0.29, 0.717) is 12.5 Å². The van der Waals surface area contributed by atoms with Crippen molar-refractivity contribution in [2.45, 2.75) is 25.9 Å². The van der Waals surface area contributed by atoms with Gasteiger partial charge in [-0.2, -0.15) is 0 Å². The Hall–Kier alpha value is -2.63. The van der Waals surface area contributed by atoms with E-state index >= 15 is 0 Å². The van der Waals surface area contributed by atoms with Crippen LogP contribution in [-0.2, 0) is 16.1 Å². The zero-order chi connectivity index (χ0) is 20.7. The van der Waals surface area contributed by atoms with Crippen LogP contribution >= 0.6 is 11.6 Å². The largest absolute Gasteiger partial charge is 0.480 e. The first-order valence-corrected chi connectivity index (χ1v) is 9.38. The fraction of sp³-hybridized carbons (Fsp3) is 0.273. The van der Waals surface area contributed by atoms with E-state index in [9.17, 15) is 9.59 Å². The summed E-state index contributed by atoms with van der Waals surface area (Å²) in [4.78, 5) is 21.2. The second kappa shape index (κ2) is 9.53. The van der Waals surface area contributed by atoms with Crippen molar-refractivity contribution in [1.82, 2.24) is 5.32 Å². The summed E-state index contributed by atoms with van der Waals surface area (Å²) in [7, 11) is 0. The Morgan fingerprint density at radius 2 is 1.89 bits per heavy atom. The quantitative estimate of drug-likeness (QED) is 0.484. The summed E-state index contributed by atoms with van der Waals surface area (Å²) in [6.07, 6.45) is 1.75. The molecule has 3 rings (SSSR count). The Bertz CT molecular complexity index is 825. The first-order chi connectivity index (χ1) is 13.3. The van der Waals surface area contributed by atoms with Crippen LogP contribution in [0.5, 0.6) is 0 Å². The predicted octanol–water partition coefficient (Wildman–Crippen LogP) is 3.94. The zero-order valence-corrected chi connectivity index (χ0v) is 16.5. The minimum Gasteiger partial charge on any atom is -0.480 e. The van der Waals surface area contributed by atoms with Crippen molar-refractivity contribution in [3.8, 4) is 0 Å². The van der Waals surface area contributed by atoms with Crippen LogP contribution in [0.3, 0.4) is 0 Å². The first-order valence-electron chi connectivity index (χ1n) is 9.00. The average molecular weight is 401 g/mol. The Morgan fingerprint density at radius 3 is 2.36 bits per heavy atom. The second-order valence-corrected chi connectivity index (χ2v) is 7.20. The predicted molar refractivity (Wildman–Crippen MR) is 111 cm³/mol. The molecule has 6 heteroatoms. The highest BCUT2D eigenvalue weighted by molar-refractivity contribution is 6.31. The van der Waals surface area contributed by atoms with Crippen molar-refractivity contribution < 1.29 is 14.7 Å². The van der Waals surface area contributed by atoms with Gasteiger partial charge in [0.25, 0.3) is 0 Å². The number of carbonyl (C=O) groups excluding carboxylic acids is 1. The van der Waals surface area contributed by atoms with Gasteiger partial charge in [0.15, 0.2) is 5.41 Å². The van der Waals surface area contributed by atoms with Crippen LogP contribution in [0.25, 0.3) is 0 Å². The van der Waals surface area contributed by atoms with Gasteiger partial charge in [0.2, 0.25) is 5.91 Å². The summed E-state index contributed by atoms with van der Waals surface area (Å²) < 4.78 is 0. The molecule has 3 atom stereocenters. The molecule has 0 unspecified atom stereocenters. The molecule has 0 radical (unpaired) electrons. The van der Waals surface area contributed by atoms with Gasteiger partial charge in [-0.3, -0.25) is 9.59 Å². The molecule has 2 aromatic rings. The maximum atomic E-state index is 10.7. The highest BCUT2D eigenvalue weighted by Gasteiger charge is 2.63. The smallest absolute Gasteiger partial charge is 0.319 e. The van der Waals surface area contributed by atoms with Crippen LogP contribution in [0.4, 0.5) is 0 Å². The molecule has 2 aromatic carbocycles. The van der Waals surface area contributed by atoms with Gasteiger partial charge in [0.1, 0.15) is 0 Å². The number of halogens is 1. The molecule has 0 heterocycles. The molecule has 1 fully saturated rings. The zero-order valence-electron chi connectivity index (χ0n) is 15.8. The number of amides is 1. The van der Waals surface area contributed by atoms with Gasteiger partial charge in [-0.1, -0.05) is 66.2 Å². The number of hydrogen-bond donors (Lipinski definition) is 3. The van der Waals surface area contributed by atoms with E-state index in [1.54, 1.807) is 0 Å². The van der Waals surface area contributed by atoms with E-state index < -0.39 is 17.3 Å². The normalized spacial score (nSPS) is 21.0. The molecule has 4 N–H and O–H groups in total. The van der Waals surface area contributed by atoms with Gasteiger partial charge in [-0.25, -0.2) is 0 Å². The molecule has 0 saturated heterocycles. The van der Waals surface area contributed by atoms with E-state index in [-0.39, 0.29) is 5.92 Å². The Balaban J connectivity index is 0.000000221. The number of carboxylic acids is 1. The molecule has 1 amide bonds. The lowest BCUT2D eigenvalue weighted by Crippen LogP contribution is -2.33. The second-order valence-electron chi connectivity index (χ2n) is 6.79. The molecular weight excluding hydrogens is 376 g/mol. The van der Waals surface area contributed by atoms with Crippen LogP contribution in [0.15, 0.2) is 67.3 Å². The lowest BCUT2D eigenvalue weighted by atomic mass is 10.0. The number of hydrogen-bond acceptors (Lipinski definition) is 3. The number of nitrogens with two attached hydrogens (primary N) is 1. The summed E-state index contributed by atoms with van der Waals surface area (Å²) in [5, 5.41) is 12.9. The topological polar surface area (TPSA) is 92.4 Å². The third kappa shape index (κ3) is 5.00. The SMILES string of the molecule is C=C[C@@H]1C[C@]1(C(N)=O)C(=O)O.C[C@H](NCc1ccccc1Cl)c1ccccc1. The number of benzene rings is 2. The highest BCUT2D eigenvalue weighted by atomic mass is 35.5. The molecule has 5 nitrogen and oxygen atoms in total. The number of rotatable bonds is 7. The van der Waals surface area contributed by atoms with Gasteiger partial charge >= 0.3 is 5.97 Å². The molecule has 1 aliphatic carbocycles. The highest BCUT2D eigenvalue weighted by Crippen LogP contribution is 2.53. The van der Waals surface area contributed by atoms with Crippen molar-refractivity contribution in [1.29, 1.82) is 0 Å². The van der Waals surface area contributed by atoms with Gasteiger partial charge in [-0.05, 0) is 30.5 Å². The molecule has 0 spiro atoms. The minimum absolute atomic E-state index is 0.280. The monoisotopic (exact) mass is 400 g/mol. The molecule has 1 saturated carbocycles. The van der Waals surface area contributed by atoms with Crippen LogP contribution in [0.1, 0.15) is 30.5 Å². The summed E-state index contributed by atoms with van der Waals surface area (Å²) in [6.45, 7) is 6.36. The van der Waals surface area contributed by atoms with Crippen molar-refractivity contribution in [3.05, 3.63) is 83.4 Å². The summed E-state index contributed by atoms with van der Waals surface area (Å²) in [5.74, 6) is -2.19. The number of nitrogens with one attached hydrogen (secondary N) is 1. The van der Waals surface area contributed by atoms with Gasteiger partial charge in [0, 0.05) is 23.5 Å². The van der Waals surface area contributed by atoms with Crippen LogP contribution in [0, 0.1) is 11.3 Å². The van der Waals surface area contributed by atoms with Crippen LogP contribution in [0.2, 0.25) is 5.02 Å². The van der Waals surface area contributed by atoms with Gasteiger partial charge in [0.05, 0.1) is 0 Å². The van der Waals surface area contributed by atoms with E-state index in [0.717, 1.165) is 17.1 Å². The number of aliphatic carboxylic acids is 1. The molecule has 0 aliphatic heterocycles. The number of carbonyl (C=O) groups is 2. The molecule has 1 aliphatic rings. The summed E-state index contributed by atoms with van der Waals surface area (Å²) in [6, 6.07) is 18.7. The molecule has 0 bridgehead atoms. The Kier molecular flexibility index (Phi) is 7.38. The van der Waals surface area contributed by atoms with Crippen molar-refractivity contribution in [2.75, 3.05) is 0 Å². The van der Waals surface area contributed by atoms with E-state index in [4.69, 9.17) is 22.4 Å². The van der Waals surface area contributed by atoms with Crippen LogP contribution in [-0.4, -0.2) is 17.0 Å². The first kappa shape index (κ1) is 21.7. The fourth-order valence-electron chi connectivity index (χ4n) is 2.97. The van der Waals surface area contributed by atoms with Gasteiger partial charge in [-0.15, -0.1) is 6.58 Å². The van der Waals surface area contributed by atoms with Crippen molar-refractivity contribution in [3.63, 3.8) is 0 Å². The minimum atomic E-state index is -1.35. The molecular formula is C22H25ClN2O3. The Labute approximate surface area is 170 Å². The summed E-state index contributed by atoms with van der Waals surface area (Å²) in [5.41, 5.74) is 6.01. The Morgan fingerprint density at radius 1 is 1.29 bits per heavy atom. The average Bonchev–Trinajstić information content (AvgIpc) is 3.45. The third-order valence-corrected chi connectivity index (χ3v) is 5.35. The standard InChI is InChI=1S/C15H16ClN.C7H9NO3/c1-12(13-7-3-2-4-8-13)17-11-14-9-5-6-10-15(14)16;1-2-4-3-7(4,5(8)9)6(10)11/h2-10,12,17H,11H2,1H3;2,4H,1,3H2,(H2,8,9)(H,10,11)/t12-;4-,7+/m01/s1. The lowest BCUT2D eigenvalue weighted by Gasteiger charge is -2.14. The maximum Gasteiger partial charge on any atom is 0.319 e. The number of primary amides is 1. The third-order valence-electron chi connectivity index (χ3n) is 4.98. The molecule has 148 valence electrons. The van der Waals surface area contributed by atoms with Gasteiger partial charge < -0.3 is 16.2 Å². The fourth-order valence-corrected chi connectivity index (χ4v) is 3.17. The maximum absolute atomic E-state index is 10.7. The van der Waals surface area contributed by atoms with E-state index in [1.807, 2.05) is 30.3 Å².